The number of carbonyl (C=O) groups excluding carboxylic acids is 1. The number of nitrogen functional groups attached to an aromatic ring is 1. The van der Waals surface area contributed by atoms with Gasteiger partial charge in [-0.25, -0.2) is 15.8 Å². The van der Waals surface area contributed by atoms with E-state index in [2.05, 4.69) is 32.8 Å². The number of amides is 1. The van der Waals surface area contributed by atoms with E-state index in [1.807, 2.05) is 26.0 Å². The summed E-state index contributed by atoms with van der Waals surface area (Å²) < 4.78 is 5.20. The zero-order chi connectivity index (χ0) is 18.3. The van der Waals surface area contributed by atoms with Gasteiger partial charge in [-0.1, -0.05) is 26.0 Å². The standard InChI is InChI=1S/C16H19N5O2.C2H6/c1-23-13-5-3-12(4-6-13)16(7-2-8-16)20-15-18-9-11(10-19-15)14(22)21-17;1-2/h3-6,9-10H,2,7-8,17H2,1H3,(H,21,22)(H,18,19,20);1-2H3. The number of methoxy groups -OCH3 is 1. The van der Waals surface area contributed by atoms with Crippen molar-refractivity contribution in [3.63, 3.8) is 0 Å². The van der Waals surface area contributed by atoms with Gasteiger partial charge in [-0.15, -0.1) is 0 Å². The van der Waals surface area contributed by atoms with Crippen molar-refractivity contribution in [3.8, 4) is 5.75 Å². The van der Waals surface area contributed by atoms with Crippen molar-refractivity contribution in [1.82, 2.24) is 15.4 Å². The van der Waals surface area contributed by atoms with Gasteiger partial charge in [0.2, 0.25) is 5.95 Å². The van der Waals surface area contributed by atoms with Crippen LogP contribution in [-0.2, 0) is 5.54 Å². The van der Waals surface area contributed by atoms with Gasteiger partial charge in [0.1, 0.15) is 5.75 Å². The summed E-state index contributed by atoms with van der Waals surface area (Å²) in [7, 11) is 1.65. The van der Waals surface area contributed by atoms with Crippen LogP contribution in [-0.4, -0.2) is 23.0 Å². The Morgan fingerprint density at radius 2 is 1.76 bits per heavy atom. The summed E-state index contributed by atoms with van der Waals surface area (Å²) in [6.45, 7) is 4.00. The lowest BCUT2D eigenvalue weighted by atomic mass is 9.72. The quantitative estimate of drug-likeness (QED) is 0.438. The number of ether oxygens (including phenoxy) is 1. The number of rotatable bonds is 5. The first-order valence-electron chi connectivity index (χ1n) is 8.42. The minimum absolute atomic E-state index is 0.163. The number of nitrogens with two attached hydrogens (primary N) is 1. The highest BCUT2D eigenvalue weighted by atomic mass is 16.5. The lowest BCUT2D eigenvalue weighted by Crippen LogP contribution is -2.42. The van der Waals surface area contributed by atoms with Crippen LogP contribution in [0.3, 0.4) is 0 Å². The Bertz CT molecular complexity index is 682. The van der Waals surface area contributed by atoms with E-state index in [-0.39, 0.29) is 5.54 Å². The van der Waals surface area contributed by atoms with Crippen LogP contribution in [0.1, 0.15) is 49.0 Å². The van der Waals surface area contributed by atoms with Gasteiger partial charge < -0.3 is 10.1 Å². The first-order chi connectivity index (χ1) is 12.2. The fourth-order valence-corrected chi connectivity index (χ4v) is 2.73. The summed E-state index contributed by atoms with van der Waals surface area (Å²) in [5.74, 6) is 6.01. The molecule has 7 nitrogen and oxygen atoms in total. The molecule has 7 heteroatoms. The van der Waals surface area contributed by atoms with Crippen molar-refractivity contribution in [2.24, 2.45) is 5.84 Å². The fourth-order valence-electron chi connectivity index (χ4n) is 2.73. The van der Waals surface area contributed by atoms with E-state index in [4.69, 9.17) is 10.6 Å². The van der Waals surface area contributed by atoms with E-state index < -0.39 is 5.91 Å². The van der Waals surface area contributed by atoms with Crippen LogP contribution in [0.4, 0.5) is 5.95 Å². The minimum atomic E-state index is -0.412. The zero-order valence-corrected chi connectivity index (χ0v) is 14.9. The maximum Gasteiger partial charge on any atom is 0.268 e. The predicted molar refractivity (Wildman–Crippen MR) is 97.2 cm³/mol. The summed E-state index contributed by atoms with van der Waals surface area (Å²) in [6, 6.07) is 8.02. The third-order valence-corrected chi connectivity index (χ3v) is 4.25. The molecule has 0 saturated heterocycles. The van der Waals surface area contributed by atoms with Crippen LogP contribution >= 0.6 is 0 Å². The second-order valence-corrected chi connectivity index (χ2v) is 5.56. The Morgan fingerprint density at radius 1 is 1.16 bits per heavy atom. The molecule has 1 fully saturated rings. The average molecular weight is 343 g/mol. The Hall–Kier alpha value is -2.67. The van der Waals surface area contributed by atoms with Gasteiger partial charge in [-0.2, -0.15) is 0 Å². The number of hydrogen-bond acceptors (Lipinski definition) is 6. The van der Waals surface area contributed by atoms with Gasteiger partial charge in [0, 0.05) is 12.4 Å². The Balaban J connectivity index is 0.00000109. The molecule has 1 saturated carbocycles. The van der Waals surface area contributed by atoms with E-state index in [0.717, 1.165) is 25.0 Å². The molecule has 0 spiro atoms. The predicted octanol–water partition coefficient (Wildman–Crippen LogP) is 2.61. The summed E-state index contributed by atoms with van der Waals surface area (Å²) in [6.07, 6.45) is 6.07. The molecule has 1 aromatic carbocycles. The van der Waals surface area contributed by atoms with Crippen molar-refractivity contribution in [2.75, 3.05) is 12.4 Å². The van der Waals surface area contributed by atoms with Crippen LogP contribution in [0, 0.1) is 0 Å². The minimum Gasteiger partial charge on any atom is -0.497 e. The van der Waals surface area contributed by atoms with Gasteiger partial charge in [0.25, 0.3) is 5.91 Å². The maximum absolute atomic E-state index is 11.4. The largest absolute Gasteiger partial charge is 0.497 e. The number of hydrogen-bond donors (Lipinski definition) is 3. The molecule has 1 aromatic heterocycles. The molecule has 1 aliphatic carbocycles. The van der Waals surface area contributed by atoms with E-state index in [9.17, 15) is 4.79 Å². The van der Waals surface area contributed by atoms with Crippen LogP contribution in [0.15, 0.2) is 36.7 Å². The highest BCUT2D eigenvalue weighted by Gasteiger charge is 2.39. The van der Waals surface area contributed by atoms with Crippen LogP contribution in [0.5, 0.6) is 5.75 Å². The van der Waals surface area contributed by atoms with Gasteiger partial charge in [0.15, 0.2) is 0 Å². The molecule has 1 amide bonds. The van der Waals surface area contributed by atoms with Crippen LogP contribution < -0.4 is 21.3 Å². The first-order valence-corrected chi connectivity index (χ1v) is 8.42. The molecular formula is C18H25N5O2. The van der Waals surface area contributed by atoms with Gasteiger partial charge >= 0.3 is 0 Å². The number of hydrazine groups is 1. The molecule has 0 atom stereocenters. The van der Waals surface area contributed by atoms with Gasteiger partial charge in [0.05, 0.1) is 18.2 Å². The zero-order valence-electron chi connectivity index (χ0n) is 14.9. The van der Waals surface area contributed by atoms with Crippen molar-refractivity contribution >= 4 is 11.9 Å². The Kier molecular flexibility index (Phi) is 6.30. The van der Waals surface area contributed by atoms with Crippen molar-refractivity contribution in [3.05, 3.63) is 47.8 Å². The first kappa shape index (κ1) is 18.7. The average Bonchev–Trinajstić information content (AvgIpc) is 2.66. The molecule has 0 unspecified atom stereocenters. The maximum atomic E-state index is 11.4. The normalized spacial score (nSPS) is 14.4. The second kappa shape index (κ2) is 8.43. The van der Waals surface area contributed by atoms with Crippen LogP contribution in [0.2, 0.25) is 0 Å². The summed E-state index contributed by atoms with van der Waals surface area (Å²) in [4.78, 5) is 19.8. The molecule has 0 bridgehead atoms. The third-order valence-electron chi connectivity index (χ3n) is 4.25. The topological polar surface area (TPSA) is 102 Å². The lowest BCUT2D eigenvalue weighted by molar-refractivity contribution is 0.0953. The Labute approximate surface area is 148 Å². The monoisotopic (exact) mass is 343 g/mol. The second-order valence-electron chi connectivity index (χ2n) is 5.56. The molecular weight excluding hydrogens is 318 g/mol. The number of aromatic nitrogens is 2. The van der Waals surface area contributed by atoms with Crippen LogP contribution in [0.25, 0.3) is 0 Å². The molecule has 0 radical (unpaired) electrons. The van der Waals surface area contributed by atoms with E-state index in [0.29, 0.717) is 11.5 Å². The van der Waals surface area contributed by atoms with E-state index in [1.165, 1.54) is 18.0 Å². The smallest absolute Gasteiger partial charge is 0.268 e. The number of carbonyl (C=O) groups is 1. The number of benzene rings is 1. The number of nitrogens with one attached hydrogen (secondary N) is 2. The highest BCUT2D eigenvalue weighted by Crippen LogP contribution is 2.43. The van der Waals surface area contributed by atoms with Crippen molar-refractivity contribution in [2.45, 2.75) is 38.6 Å². The molecule has 1 aliphatic rings. The van der Waals surface area contributed by atoms with E-state index >= 15 is 0 Å². The SMILES string of the molecule is CC.COc1ccc(C2(Nc3ncc(C(=O)NN)cn3)CCC2)cc1. The lowest BCUT2D eigenvalue weighted by Gasteiger charge is -2.43. The molecule has 1 heterocycles. The highest BCUT2D eigenvalue weighted by molar-refractivity contribution is 5.93. The van der Waals surface area contributed by atoms with Crippen molar-refractivity contribution < 1.29 is 9.53 Å². The molecule has 2 aromatic rings. The number of nitrogens with zero attached hydrogens (tertiary/aromatic N) is 2. The molecule has 0 aliphatic heterocycles. The van der Waals surface area contributed by atoms with Gasteiger partial charge in [-0.05, 0) is 37.0 Å². The van der Waals surface area contributed by atoms with Gasteiger partial charge in [-0.3, -0.25) is 10.2 Å². The van der Waals surface area contributed by atoms with E-state index in [1.54, 1.807) is 7.11 Å². The molecule has 3 rings (SSSR count). The summed E-state index contributed by atoms with van der Waals surface area (Å²) in [5.41, 5.74) is 3.40. The summed E-state index contributed by atoms with van der Waals surface area (Å²) >= 11 is 0. The Morgan fingerprint density at radius 3 is 2.20 bits per heavy atom. The summed E-state index contributed by atoms with van der Waals surface area (Å²) in [5, 5.41) is 3.40. The third kappa shape index (κ3) is 4.06. The molecule has 134 valence electrons. The molecule has 4 N–H and O–H groups in total. The molecule has 25 heavy (non-hydrogen) atoms. The van der Waals surface area contributed by atoms with Crippen molar-refractivity contribution in [1.29, 1.82) is 0 Å². The fraction of sp³-hybridized carbons (Fsp3) is 0.389. The number of anilines is 1.